The molecule has 0 saturated carbocycles. The summed E-state index contributed by atoms with van der Waals surface area (Å²) in [6.45, 7) is 6.22. The molecule has 4 rings (SSSR count). The molecule has 8 heteroatoms. The fourth-order valence-electron chi connectivity index (χ4n) is 2.94. The largest absolute Gasteiger partial charge is 0.324 e. The summed E-state index contributed by atoms with van der Waals surface area (Å²) in [4.78, 5) is 31.5. The van der Waals surface area contributed by atoms with E-state index in [0.717, 1.165) is 22.5 Å². The number of thiophene rings is 1. The highest BCUT2D eigenvalue weighted by atomic mass is 32.1. The third-order valence-corrected chi connectivity index (χ3v) is 6.06. The molecule has 1 amide bonds. The van der Waals surface area contributed by atoms with Crippen molar-refractivity contribution >= 4 is 34.6 Å². The summed E-state index contributed by atoms with van der Waals surface area (Å²) in [5, 5.41) is 6.22. The molecule has 0 atom stereocenters. The molecule has 0 fully saturated rings. The van der Waals surface area contributed by atoms with Crippen LogP contribution in [0.4, 0.5) is 17.3 Å². The molecule has 156 valence electrons. The van der Waals surface area contributed by atoms with E-state index in [4.69, 9.17) is 0 Å². The molecule has 0 bridgehead atoms. The molecule has 0 spiro atoms. The molecule has 0 aliphatic heterocycles. The zero-order valence-electron chi connectivity index (χ0n) is 17.5. The Hall–Kier alpha value is -3.65. The minimum absolute atomic E-state index is 0.117. The van der Waals surface area contributed by atoms with E-state index < -0.39 is 0 Å². The molecule has 0 saturated heterocycles. The van der Waals surface area contributed by atoms with Gasteiger partial charge in [0.2, 0.25) is 5.95 Å². The summed E-state index contributed by atoms with van der Waals surface area (Å²) in [5.74, 6) is 0.738. The molecular weight excluding hydrogens is 408 g/mol. The van der Waals surface area contributed by atoms with Crippen molar-refractivity contribution in [1.82, 2.24) is 19.9 Å². The van der Waals surface area contributed by atoms with Crippen LogP contribution >= 0.6 is 11.3 Å². The van der Waals surface area contributed by atoms with Crippen LogP contribution in [-0.4, -0.2) is 25.8 Å². The second-order valence-electron chi connectivity index (χ2n) is 7.36. The number of carbonyl (C=O) groups excluding carboxylic acids is 1. The van der Waals surface area contributed by atoms with Gasteiger partial charge < -0.3 is 10.6 Å². The molecule has 0 aliphatic carbocycles. The Kier molecular flexibility index (Phi) is 5.99. The van der Waals surface area contributed by atoms with Gasteiger partial charge in [0.15, 0.2) is 0 Å². The number of carbonyl (C=O) groups is 1. The fourth-order valence-corrected chi connectivity index (χ4v) is 3.85. The number of anilines is 3. The highest BCUT2D eigenvalue weighted by Gasteiger charge is 2.12. The van der Waals surface area contributed by atoms with Gasteiger partial charge in [0, 0.05) is 40.4 Å². The fraction of sp³-hybridized carbons (Fsp3) is 0.174. The van der Waals surface area contributed by atoms with Crippen LogP contribution in [-0.2, 0) is 0 Å². The van der Waals surface area contributed by atoms with E-state index in [1.165, 1.54) is 22.5 Å². The summed E-state index contributed by atoms with van der Waals surface area (Å²) in [5.41, 5.74) is 4.05. The number of aryl methyl sites for hydroxylation is 1. The molecule has 3 aromatic heterocycles. The van der Waals surface area contributed by atoms with Gasteiger partial charge in [-0.15, -0.1) is 11.3 Å². The maximum absolute atomic E-state index is 12.6. The number of hydrogen-bond donors (Lipinski definition) is 2. The standard InChI is InChI=1S/C23H22N6OS/c1-14(2)20-6-7-21(31-20)22(30)27-17-5-4-15(3)19(10-17)29-23-26-9-8-18(28-23)16-11-24-13-25-12-16/h4-14H,1-3H3,(H,27,30)(H,26,28,29). The second kappa shape index (κ2) is 9.01. The number of amides is 1. The predicted octanol–water partition coefficient (Wildman–Crippen LogP) is 5.42. The van der Waals surface area contributed by atoms with Crippen molar-refractivity contribution < 1.29 is 4.79 Å². The van der Waals surface area contributed by atoms with Crippen molar-refractivity contribution in [2.75, 3.05) is 10.6 Å². The highest BCUT2D eigenvalue weighted by molar-refractivity contribution is 7.14. The van der Waals surface area contributed by atoms with Crippen molar-refractivity contribution in [2.45, 2.75) is 26.7 Å². The topological polar surface area (TPSA) is 92.7 Å². The van der Waals surface area contributed by atoms with Gasteiger partial charge in [0.25, 0.3) is 5.91 Å². The van der Waals surface area contributed by atoms with Gasteiger partial charge in [-0.05, 0) is 48.7 Å². The van der Waals surface area contributed by atoms with Gasteiger partial charge in [0.1, 0.15) is 6.33 Å². The van der Waals surface area contributed by atoms with Crippen LogP contribution in [0, 0.1) is 6.92 Å². The normalized spacial score (nSPS) is 10.8. The molecular formula is C23H22N6OS. The van der Waals surface area contributed by atoms with Gasteiger partial charge >= 0.3 is 0 Å². The molecule has 31 heavy (non-hydrogen) atoms. The van der Waals surface area contributed by atoms with Gasteiger partial charge in [-0.2, -0.15) is 0 Å². The summed E-state index contributed by atoms with van der Waals surface area (Å²) in [6, 6.07) is 11.4. The maximum atomic E-state index is 12.6. The zero-order chi connectivity index (χ0) is 21.8. The quantitative estimate of drug-likeness (QED) is 0.424. The summed E-state index contributed by atoms with van der Waals surface area (Å²) in [6.07, 6.45) is 6.57. The predicted molar refractivity (Wildman–Crippen MR) is 124 cm³/mol. The molecule has 0 radical (unpaired) electrons. The van der Waals surface area contributed by atoms with Crippen molar-refractivity contribution in [3.63, 3.8) is 0 Å². The Morgan fingerprint density at radius 1 is 1.06 bits per heavy atom. The van der Waals surface area contributed by atoms with Crippen molar-refractivity contribution in [3.8, 4) is 11.3 Å². The van der Waals surface area contributed by atoms with Crippen molar-refractivity contribution in [3.05, 3.63) is 76.6 Å². The third-order valence-electron chi connectivity index (χ3n) is 4.67. The average Bonchev–Trinajstić information content (AvgIpc) is 3.28. The van der Waals surface area contributed by atoms with Gasteiger partial charge in [0.05, 0.1) is 10.6 Å². The third kappa shape index (κ3) is 4.92. The molecule has 0 aliphatic rings. The van der Waals surface area contributed by atoms with Crippen LogP contribution in [0.15, 0.2) is 61.3 Å². The van der Waals surface area contributed by atoms with E-state index in [1.807, 2.05) is 37.3 Å². The van der Waals surface area contributed by atoms with Crippen LogP contribution in [0.1, 0.15) is 39.9 Å². The van der Waals surface area contributed by atoms with E-state index >= 15 is 0 Å². The molecule has 7 nitrogen and oxygen atoms in total. The first-order chi connectivity index (χ1) is 15.0. The van der Waals surface area contributed by atoms with Crippen LogP contribution in [0.5, 0.6) is 0 Å². The molecule has 3 heterocycles. The molecule has 0 unspecified atom stereocenters. The van der Waals surface area contributed by atoms with Crippen LogP contribution in [0.3, 0.4) is 0 Å². The molecule has 2 N–H and O–H groups in total. The minimum atomic E-state index is -0.117. The Morgan fingerprint density at radius 2 is 1.87 bits per heavy atom. The van der Waals surface area contributed by atoms with E-state index in [-0.39, 0.29) is 5.91 Å². The van der Waals surface area contributed by atoms with Crippen molar-refractivity contribution in [2.24, 2.45) is 0 Å². The number of aromatic nitrogens is 4. The summed E-state index contributed by atoms with van der Waals surface area (Å²) in [7, 11) is 0. The first-order valence-electron chi connectivity index (χ1n) is 9.87. The second-order valence-corrected chi connectivity index (χ2v) is 8.47. The number of nitrogens with zero attached hydrogens (tertiary/aromatic N) is 4. The lowest BCUT2D eigenvalue weighted by molar-refractivity contribution is 0.103. The first kappa shape index (κ1) is 20.6. The minimum Gasteiger partial charge on any atom is -0.324 e. The van der Waals surface area contributed by atoms with E-state index in [2.05, 4.69) is 44.4 Å². The lowest BCUT2D eigenvalue weighted by Crippen LogP contribution is -2.10. The first-order valence-corrected chi connectivity index (χ1v) is 10.7. The van der Waals surface area contributed by atoms with E-state index in [1.54, 1.807) is 24.7 Å². The Morgan fingerprint density at radius 3 is 2.61 bits per heavy atom. The van der Waals surface area contributed by atoms with Crippen LogP contribution in [0.25, 0.3) is 11.3 Å². The molecule has 1 aromatic carbocycles. The summed E-state index contributed by atoms with van der Waals surface area (Å²) >= 11 is 1.52. The van der Waals surface area contributed by atoms with E-state index in [0.29, 0.717) is 22.4 Å². The lowest BCUT2D eigenvalue weighted by atomic mass is 10.1. The Labute approximate surface area is 184 Å². The number of nitrogens with one attached hydrogen (secondary N) is 2. The lowest BCUT2D eigenvalue weighted by Gasteiger charge is -2.12. The Bertz CT molecular complexity index is 1210. The maximum Gasteiger partial charge on any atom is 0.265 e. The number of hydrogen-bond acceptors (Lipinski definition) is 7. The van der Waals surface area contributed by atoms with Gasteiger partial charge in [-0.3, -0.25) is 4.79 Å². The Balaban J connectivity index is 1.52. The zero-order valence-corrected chi connectivity index (χ0v) is 18.3. The smallest absolute Gasteiger partial charge is 0.265 e. The number of rotatable bonds is 6. The SMILES string of the molecule is Cc1ccc(NC(=O)c2ccc(C(C)C)s2)cc1Nc1nccc(-c2cncnc2)n1. The monoisotopic (exact) mass is 430 g/mol. The average molecular weight is 431 g/mol. The van der Waals surface area contributed by atoms with Crippen LogP contribution < -0.4 is 10.6 Å². The van der Waals surface area contributed by atoms with Crippen LogP contribution in [0.2, 0.25) is 0 Å². The summed E-state index contributed by atoms with van der Waals surface area (Å²) < 4.78 is 0. The van der Waals surface area contributed by atoms with Crippen molar-refractivity contribution in [1.29, 1.82) is 0 Å². The van der Waals surface area contributed by atoms with Gasteiger partial charge in [-0.25, -0.2) is 19.9 Å². The highest BCUT2D eigenvalue weighted by Crippen LogP contribution is 2.27. The van der Waals surface area contributed by atoms with Gasteiger partial charge in [-0.1, -0.05) is 19.9 Å². The number of benzene rings is 1. The molecule has 4 aromatic rings. The van der Waals surface area contributed by atoms with E-state index in [9.17, 15) is 4.79 Å².